The summed E-state index contributed by atoms with van der Waals surface area (Å²) in [6.07, 6.45) is 0. The van der Waals surface area contributed by atoms with E-state index in [0.717, 1.165) is 27.9 Å². The molecule has 0 radical (unpaired) electrons. The largest absolute Gasteiger partial charge is 0.336 e. The lowest BCUT2D eigenvalue weighted by Crippen LogP contribution is -2.36. The Morgan fingerprint density at radius 1 is 0.839 bits per heavy atom. The van der Waals surface area contributed by atoms with E-state index in [1.165, 1.54) is 4.90 Å². The van der Waals surface area contributed by atoms with Crippen molar-refractivity contribution in [2.24, 2.45) is 0 Å². The van der Waals surface area contributed by atoms with Crippen molar-refractivity contribution in [2.45, 2.75) is 19.1 Å². The molecule has 0 heterocycles. The number of rotatable bonds is 8. The van der Waals surface area contributed by atoms with E-state index in [1.807, 2.05) is 68.4 Å². The molecule has 1 N–H and O–H groups in total. The zero-order valence-electron chi connectivity index (χ0n) is 18.2. The second-order valence-electron chi connectivity index (χ2n) is 7.58. The molecule has 31 heavy (non-hydrogen) atoms. The molecule has 2 amide bonds. The molecule has 3 aromatic carbocycles. The number of hydrogen-bond acceptors (Lipinski definition) is 3. The van der Waals surface area contributed by atoms with Gasteiger partial charge in [-0.05, 0) is 36.1 Å². The number of hydrogen-bond donors (Lipinski definition) is 1. The fraction of sp³-hybridized carbons (Fsp3) is 0.231. The molecule has 0 saturated heterocycles. The van der Waals surface area contributed by atoms with Gasteiger partial charge in [0.15, 0.2) is 0 Å². The van der Waals surface area contributed by atoms with Crippen LogP contribution in [0.4, 0.5) is 5.69 Å². The van der Waals surface area contributed by atoms with Gasteiger partial charge in [0.05, 0.1) is 17.5 Å². The van der Waals surface area contributed by atoms with Crippen molar-refractivity contribution in [3.05, 3.63) is 101 Å². The third-order valence-electron chi connectivity index (χ3n) is 5.13. The van der Waals surface area contributed by atoms with Gasteiger partial charge in [0.25, 0.3) is 0 Å². The number of likely N-dealkylation sites (N-methyl/N-ethyl adjacent to an activating group) is 1. The highest BCUT2D eigenvalue weighted by atomic mass is 32.2. The highest BCUT2D eigenvalue weighted by Gasteiger charge is 2.19. The third kappa shape index (κ3) is 6.22. The first-order valence-electron chi connectivity index (χ1n) is 10.3. The van der Waals surface area contributed by atoms with Crippen LogP contribution in [0.1, 0.15) is 27.5 Å². The van der Waals surface area contributed by atoms with E-state index in [9.17, 15) is 9.59 Å². The second-order valence-corrected chi connectivity index (χ2v) is 8.67. The number of carbonyl (C=O) groups is 2. The van der Waals surface area contributed by atoms with Gasteiger partial charge in [0.2, 0.25) is 11.8 Å². The lowest BCUT2D eigenvalue weighted by atomic mass is 10.0. The Kier molecular flexibility index (Phi) is 7.90. The number of benzene rings is 3. The summed E-state index contributed by atoms with van der Waals surface area (Å²) in [5, 5.41) is 3.00. The summed E-state index contributed by atoms with van der Waals surface area (Å²) in [6, 6.07) is 26.2. The van der Waals surface area contributed by atoms with Crippen molar-refractivity contribution in [3.8, 4) is 0 Å². The average molecular weight is 433 g/mol. The van der Waals surface area contributed by atoms with Crippen LogP contribution in [0.2, 0.25) is 0 Å². The van der Waals surface area contributed by atoms with Crippen LogP contribution in [-0.2, 0) is 9.59 Å². The molecular formula is C26H28N2O2S. The summed E-state index contributed by atoms with van der Waals surface area (Å²) in [7, 11) is 1.67. The van der Waals surface area contributed by atoms with Gasteiger partial charge in [-0.15, -0.1) is 11.8 Å². The van der Waals surface area contributed by atoms with Crippen LogP contribution < -0.4 is 5.32 Å². The summed E-state index contributed by atoms with van der Waals surface area (Å²) in [4.78, 5) is 26.7. The van der Waals surface area contributed by atoms with Gasteiger partial charge in [-0.2, -0.15) is 0 Å². The Hall–Kier alpha value is -3.05. The predicted octanol–water partition coefficient (Wildman–Crippen LogP) is 5.22. The number of nitrogens with one attached hydrogen (secondary N) is 1. The minimum atomic E-state index is -0.194. The van der Waals surface area contributed by atoms with E-state index < -0.39 is 0 Å². The van der Waals surface area contributed by atoms with Gasteiger partial charge in [-0.25, -0.2) is 0 Å². The summed E-state index contributed by atoms with van der Waals surface area (Å²) < 4.78 is 0. The molecule has 0 aliphatic carbocycles. The Labute approximate surface area is 188 Å². The number of aryl methyl sites for hydroxylation is 2. The first-order valence-corrected chi connectivity index (χ1v) is 11.3. The number of amides is 2. The maximum Gasteiger partial charge on any atom is 0.243 e. The molecule has 0 saturated carbocycles. The van der Waals surface area contributed by atoms with E-state index in [4.69, 9.17) is 0 Å². The molecule has 0 bridgehead atoms. The van der Waals surface area contributed by atoms with Crippen molar-refractivity contribution < 1.29 is 9.59 Å². The van der Waals surface area contributed by atoms with Crippen LogP contribution in [0, 0.1) is 13.8 Å². The molecule has 4 nitrogen and oxygen atoms in total. The number of nitrogens with zero attached hydrogens (tertiary/aromatic N) is 1. The first kappa shape index (κ1) is 22.6. The fourth-order valence-corrected chi connectivity index (χ4v) is 4.63. The van der Waals surface area contributed by atoms with Crippen LogP contribution in [0.15, 0.2) is 78.9 Å². The minimum absolute atomic E-state index is 0.0223. The van der Waals surface area contributed by atoms with Crippen molar-refractivity contribution in [2.75, 3.05) is 24.7 Å². The smallest absolute Gasteiger partial charge is 0.243 e. The fourth-order valence-electron chi connectivity index (χ4n) is 3.40. The SMILES string of the molecule is Cc1cccc(C)c1NC(=O)CN(C)C(=O)CSC(c1ccccc1)c1ccccc1. The highest BCUT2D eigenvalue weighted by molar-refractivity contribution is 8.00. The molecule has 160 valence electrons. The molecule has 0 atom stereocenters. The Morgan fingerprint density at radius 3 is 1.87 bits per heavy atom. The average Bonchev–Trinajstić information content (AvgIpc) is 2.78. The van der Waals surface area contributed by atoms with Crippen molar-refractivity contribution in [1.82, 2.24) is 4.90 Å². The van der Waals surface area contributed by atoms with Gasteiger partial charge in [-0.3, -0.25) is 9.59 Å². The van der Waals surface area contributed by atoms with Gasteiger partial charge in [0.1, 0.15) is 0 Å². The zero-order valence-corrected chi connectivity index (χ0v) is 19.0. The molecule has 0 unspecified atom stereocenters. The number of carbonyl (C=O) groups excluding carboxylic acids is 2. The van der Waals surface area contributed by atoms with Crippen LogP contribution in [0.3, 0.4) is 0 Å². The molecule has 3 rings (SSSR count). The Bertz CT molecular complexity index is 962. The summed E-state index contributed by atoms with van der Waals surface area (Å²) in [5.74, 6) is 0.0289. The normalized spacial score (nSPS) is 10.7. The number of para-hydroxylation sites is 1. The van der Waals surface area contributed by atoms with Crippen LogP contribution in [0.5, 0.6) is 0 Å². The second kappa shape index (κ2) is 10.8. The highest BCUT2D eigenvalue weighted by Crippen LogP contribution is 2.35. The Morgan fingerprint density at radius 2 is 1.35 bits per heavy atom. The lowest BCUT2D eigenvalue weighted by molar-refractivity contribution is -0.131. The van der Waals surface area contributed by atoms with Crippen molar-refractivity contribution in [1.29, 1.82) is 0 Å². The van der Waals surface area contributed by atoms with Gasteiger partial charge < -0.3 is 10.2 Å². The molecule has 0 aromatic heterocycles. The molecule has 0 aliphatic rings. The zero-order chi connectivity index (χ0) is 22.2. The van der Waals surface area contributed by atoms with Crippen LogP contribution in [-0.4, -0.2) is 36.1 Å². The third-order valence-corrected chi connectivity index (χ3v) is 6.42. The van der Waals surface area contributed by atoms with Gasteiger partial charge >= 0.3 is 0 Å². The molecule has 5 heteroatoms. The van der Waals surface area contributed by atoms with E-state index >= 15 is 0 Å². The van der Waals surface area contributed by atoms with Gasteiger partial charge in [0, 0.05) is 12.7 Å². The quantitative estimate of drug-likeness (QED) is 0.531. The monoisotopic (exact) mass is 432 g/mol. The molecule has 0 fully saturated rings. The maximum absolute atomic E-state index is 12.8. The molecule has 0 spiro atoms. The summed E-state index contributed by atoms with van der Waals surface area (Å²) in [5.41, 5.74) is 5.14. The van der Waals surface area contributed by atoms with Crippen molar-refractivity contribution >= 4 is 29.3 Å². The van der Waals surface area contributed by atoms with E-state index in [2.05, 4.69) is 29.6 Å². The molecule has 0 aliphatic heterocycles. The summed E-state index contributed by atoms with van der Waals surface area (Å²) >= 11 is 1.58. The van der Waals surface area contributed by atoms with Crippen LogP contribution >= 0.6 is 11.8 Å². The minimum Gasteiger partial charge on any atom is -0.336 e. The van der Waals surface area contributed by atoms with E-state index in [0.29, 0.717) is 5.75 Å². The molecule has 3 aromatic rings. The van der Waals surface area contributed by atoms with E-state index in [1.54, 1.807) is 18.8 Å². The Balaban J connectivity index is 1.61. The standard InChI is InChI=1S/C26H28N2O2S/c1-19-11-10-12-20(2)25(19)27-23(29)17-28(3)24(30)18-31-26(21-13-6-4-7-14-21)22-15-8-5-9-16-22/h4-16,26H,17-18H2,1-3H3,(H,27,29). The molecular weight excluding hydrogens is 404 g/mol. The van der Waals surface area contributed by atoms with Crippen molar-refractivity contribution in [3.63, 3.8) is 0 Å². The number of thioether (sulfide) groups is 1. The first-order chi connectivity index (χ1) is 15.0. The van der Waals surface area contributed by atoms with E-state index in [-0.39, 0.29) is 23.6 Å². The number of anilines is 1. The van der Waals surface area contributed by atoms with Gasteiger partial charge in [-0.1, -0.05) is 78.9 Å². The predicted molar refractivity (Wildman–Crippen MR) is 129 cm³/mol. The maximum atomic E-state index is 12.8. The van der Waals surface area contributed by atoms with Crippen LogP contribution in [0.25, 0.3) is 0 Å². The lowest BCUT2D eigenvalue weighted by Gasteiger charge is -2.21. The summed E-state index contributed by atoms with van der Waals surface area (Å²) in [6.45, 7) is 3.94. The topological polar surface area (TPSA) is 49.4 Å².